The van der Waals surface area contributed by atoms with Gasteiger partial charge >= 0.3 is 0 Å². The number of hydrogen-bond donors (Lipinski definition) is 2. The third-order valence-electron chi connectivity index (χ3n) is 3.16. The molecule has 18 heavy (non-hydrogen) atoms. The summed E-state index contributed by atoms with van der Waals surface area (Å²) in [4.78, 5) is 17.4. The SMILES string of the molecule is CCN(C(=O)c1c[nH]c2ccc(N)cc12)C(C)C. The van der Waals surface area contributed by atoms with Crippen molar-refractivity contribution in [2.75, 3.05) is 12.3 Å². The predicted octanol–water partition coefficient (Wildman–Crippen LogP) is 2.62. The predicted molar refractivity (Wildman–Crippen MR) is 74.6 cm³/mol. The van der Waals surface area contributed by atoms with Crippen molar-refractivity contribution in [1.82, 2.24) is 9.88 Å². The fourth-order valence-electron chi connectivity index (χ4n) is 2.21. The van der Waals surface area contributed by atoms with E-state index in [1.165, 1.54) is 0 Å². The molecule has 0 saturated carbocycles. The topological polar surface area (TPSA) is 62.1 Å². The van der Waals surface area contributed by atoms with Crippen LogP contribution in [0.2, 0.25) is 0 Å². The van der Waals surface area contributed by atoms with E-state index < -0.39 is 0 Å². The van der Waals surface area contributed by atoms with Gasteiger partial charge in [0.25, 0.3) is 5.91 Å². The van der Waals surface area contributed by atoms with E-state index in [1.807, 2.05) is 43.9 Å². The summed E-state index contributed by atoms with van der Waals surface area (Å²) in [5.74, 6) is 0.0457. The Bertz CT molecular complexity index is 571. The van der Waals surface area contributed by atoms with Gasteiger partial charge in [-0.05, 0) is 39.0 Å². The highest BCUT2D eigenvalue weighted by Gasteiger charge is 2.20. The zero-order valence-corrected chi connectivity index (χ0v) is 11.0. The Kier molecular flexibility index (Phi) is 3.28. The van der Waals surface area contributed by atoms with Crippen molar-refractivity contribution in [3.63, 3.8) is 0 Å². The van der Waals surface area contributed by atoms with Crippen LogP contribution in [0.5, 0.6) is 0 Å². The largest absolute Gasteiger partial charge is 0.399 e. The molecule has 0 spiro atoms. The Hall–Kier alpha value is -1.97. The van der Waals surface area contributed by atoms with Crippen LogP contribution in [0.4, 0.5) is 5.69 Å². The van der Waals surface area contributed by atoms with Crippen molar-refractivity contribution in [3.05, 3.63) is 30.0 Å². The molecule has 1 aromatic carbocycles. The zero-order valence-electron chi connectivity index (χ0n) is 11.0. The van der Waals surface area contributed by atoms with Gasteiger partial charge < -0.3 is 15.6 Å². The molecule has 0 unspecified atom stereocenters. The monoisotopic (exact) mass is 245 g/mol. The lowest BCUT2D eigenvalue weighted by atomic mass is 10.1. The number of H-pyrrole nitrogens is 1. The van der Waals surface area contributed by atoms with E-state index in [0.29, 0.717) is 17.8 Å². The molecule has 0 aliphatic rings. The Labute approximate surface area is 107 Å². The maximum atomic E-state index is 12.5. The molecule has 96 valence electrons. The number of fused-ring (bicyclic) bond motifs is 1. The average Bonchev–Trinajstić information content (AvgIpc) is 2.71. The summed E-state index contributed by atoms with van der Waals surface area (Å²) < 4.78 is 0. The number of nitrogens with one attached hydrogen (secondary N) is 1. The summed E-state index contributed by atoms with van der Waals surface area (Å²) in [5.41, 5.74) is 8.08. The molecular weight excluding hydrogens is 226 g/mol. The van der Waals surface area contributed by atoms with Crippen molar-refractivity contribution in [3.8, 4) is 0 Å². The number of carbonyl (C=O) groups excluding carboxylic acids is 1. The molecule has 0 aliphatic heterocycles. The number of rotatable bonds is 3. The molecule has 4 nitrogen and oxygen atoms in total. The summed E-state index contributed by atoms with van der Waals surface area (Å²) in [5, 5.41) is 0.888. The smallest absolute Gasteiger partial charge is 0.256 e. The summed E-state index contributed by atoms with van der Waals surface area (Å²) in [7, 11) is 0. The summed E-state index contributed by atoms with van der Waals surface area (Å²) >= 11 is 0. The Balaban J connectivity index is 2.47. The highest BCUT2D eigenvalue weighted by molar-refractivity contribution is 6.07. The minimum absolute atomic E-state index is 0.0457. The number of carbonyl (C=O) groups is 1. The summed E-state index contributed by atoms with van der Waals surface area (Å²) in [6, 6.07) is 5.75. The Morgan fingerprint density at radius 3 is 2.78 bits per heavy atom. The first-order chi connectivity index (χ1) is 8.54. The van der Waals surface area contributed by atoms with Gasteiger partial charge in [0.1, 0.15) is 0 Å². The van der Waals surface area contributed by atoms with Gasteiger partial charge in [-0.1, -0.05) is 0 Å². The van der Waals surface area contributed by atoms with Gasteiger partial charge in [0.2, 0.25) is 0 Å². The Morgan fingerprint density at radius 2 is 2.17 bits per heavy atom. The van der Waals surface area contributed by atoms with Crippen LogP contribution in [-0.2, 0) is 0 Å². The minimum atomic E-state index is 0.0457. The number of nitrogens with zero attached hydrogens (tertiary/aromatic N) is 1. The quantitative estimate of drug-likeness (QED) is 0.816. The number of hydrogen-bond acceptors (Lipinski definition) is 2. The van der Waals surface area contributed by atoms with Gasteiger partial charge in [0.05, 0.1) is 5.56 Å². The van der Waals surface area contributed by atoms with E-state index in [9.17, 15) is 4.79 Å². The molecule has 1 heterocycles. The number of nitrogen functional groups attached to an aromatic ring is 1. The minimum Gasteiger partial charge on any atom is -0.399 e. The van der Waals surface area contributed by atoms with Crippen molar-refractivity contribution in [1.29, 1.82) is 0 Å². The number of anilines is 1. The van der Waals surface area contributed by atoms with E-state index >= 15 is 0 Å². The number of amides is 1. The molecule has 1 amide bonds. The van der Waals surface area contributed by atoms with Crippen LogP contribution in [0.25, 0.3) is 10.9 Å². The molecule has 0 radical (unpaired) electrons. The third kappa shape index (κ3) is 2.06. The van der Waals surface area contributed by atoms with Crippen molar-refractivity contribution >= 4 is 22.5 Å². The van der Waals surface area contributed by atoms with E-state index in [-0.39, 0.29) is 11.9 Å². The number of aromatic amines is 1. The lowest BCUT2D eigenvalue weighted by Crippen LogP contribution is -2.36. The molecule has 4 heteroatoms. The Morgan fingerprint density at radius 1 is 1.44 bits per heavy atom. The second-order valence-electron chi connectivity index (χ2n) is 4.69. The molecule has 0 saturated heterocycles. The fraction of sp³-hybridized carbons (Fsp3) is 0.357. The second-order valence-corrected chi connectivity index (χ2v) is 4.69. The van der Waals surface area contributed by atoms with Gasteiger partial charge in [-0.2, -0.15) is 0 Å². The van der Waals surface area contributed by atoms with E-state index in [0.717, 1.165) is 10.9 Å². The highest BCUT2D eigenvalue weighted by Crippen LogP contribution is 2.22. The van der Waals surface area contributed by atoms with Crippen LogP contribution >= 0.6 is 0 Å². The van der Waals surface area contributed by atoms with Crippen LogP contribution in [0.15, 0.2) is 24.4 Å². The van der Waals surface area contributed by atoms with Crippen LogP contribution in [0, 0.1) is 0 Å². The van der Waals surface area contributed by atoms with Crippen LogP contribution < -0.4 is 5.73 Å². The van der Waals surface area contributed by atoms with E-state index in [1.54, 1.807) is 6.20 Å². The average molecular weight is 245 g/mol. The molecule has 3 N–H and O–H groups in total. The molecule has 0 fully saturated rings. The van der Waals surface area contributed by atoms with Gasteiger partial charge in [-0.15, -0.1) is 0 Å². The van der Waals surface area contributed by atoms with E-state index in [2.05, 4.69) is 4.98 Å². The van der Waals surface area contributed by atoms with Crippen molar-refractivity contribution < 1.29 is 4.79 Å². The van der Waals surface area contributed by atoms with Gasteiger partial charge in [-0.3, -0.25) is 4.79 Å². The van der Waals surface area contributed by atoms with Crippen LogP contribution in [0.3, 0.4) is 0 Å². The van der Waals surface area contributed by atoms with Crippen molar-refractivity contribution in [2.24, 2.45) is 0 Å². The third-order valence-corrected chi connectivity index (χ3v) is 3.16. The maximum Gasteiger partial charge on any atom is 0.256 e. The molecule has 0 atom stereocenters. The maximum absolute atomic E-state index is 12.5. The first-order valence-corrected chi connectivity index (χ1v) is 6.22. The van der Waals surface area contributed by atoms with Crippen LogP contribution in [0.1, 0.15) is 31.1 Å². The molecule has 0 aliphatic carbocycles. The first-order valence-electron chi connectivity index (χ1n) is 6.22. The second kappa shape index (κ2) is 4.72. The lowest BCUT2D eigenvalue weighted by molar-refractivity contribution is 0.0719. The normalized spacial score (nSPS) is 11.1. The molecule has 0 bridgehead atoms. The number of benzene rings is 1. The summed E-state index contributed by atoms with van der Waals surface area (Å²) in [6.07, 6.45) is 1.76. The molecule has 2 rings (SSSR count). The van der Waals surface area contributed by atoms with Crippen LogP contribution in [-0.4, -0.2) is 28.4 Å². The lowest BCUT2D eigenvalue weighted by Gasteiger charge is -2.24. The van der Waals surface area contributed by atoms with Gasteiger partial charge in [-0.25, -0.2) is 0 Å². The van der Waals surface area contributed by atoms with Gasteiger partial charge in [0, 0.05) is 35.4 Å². The first kappa shape index (κ1) is 12.5. The van der Waals surface area contributed by atoms with Crippen molar-refractivity contribution in [2.45, 2.75) is 26.8 Å². The molecule has 1 aromatic heterocycles. The molecular formula is C14H19N3O. The fourth-order valence-corrected chi connectivity index (χ4v) is 2.21. The van der Waals surface area contributed by atoms with E-state index in [4.69, 9.17) is 5.73 Å². The number of nitrogens with two attached hydrogens (primary N) is 1. The number of aromatic nitrogens is 1. The standard InChI is InChI=1S/C14H19N3O/c1-4-17(9(2)3)14(18)12-8-16-13-6-5-10(15)7-11(12)13/h5-9,16H,4,15H2,1-3H3. The molecule has 2 aromatic rings. The summed E-state index contributed by atoms with van der Waals surface area (Å²) in [6.45, 7) is 6.72. The highest BCUT2D eigenvalue weighted by atomic mass is 16.2. The van der Waals surface area contributed by atoms with Gasteiger partial charge in [0.15, 0.2) is 0 Å². The zero-order chi connectivity index (χ0) is 13.3.